The first-order chi connectivity index (χ1) is 21.8. The number of benzene rings is 4. The first-order valence-corrected chi connectivity index (χ1v) is 15.2. The van der Waals surface area contributed by atoms with Crippen LogP contribution in [0.2, 0.25) is 0 Å². The Balaban J connectivity index is 1.40. The summed E-state index contributed by atoms with van der Waals surface area (Å²) >= 11 is -2.56. The highest BCUT2D eigenvalue weighted by atomic mass is 32.2. The molecule has 4 N–H and O–H groups in total. The number of ether oxygens (including phenoxy) is 2. The third kappa shape index (κ3) is 7.92. The Morgan fingerprint density at radius 2 is 1.53 bits per heavy atom. The lowest BCUT2D eigenvalue weighted by atomic mass is 10.0. The SMILES string of the molecule is COc1cc(Nc2nc3ccccc3nc2N(c2cccc(NC(=O)CNCC(C)c3ccccc3)c2)S(=O)O)cc(OC)c1. The van der Waals surface area contributed by atoms with Gasteiger partial charge in [0.1, 0.15) is 11.5 Å². The van der Waals surface area contributed by atoms with Gasteiger partial charge in [-0.1, -0.05) is 55.5 Å². The Morgan fingerprint density at radius 1 is 0.867 bits per heavy atom. The minimum Gasteiger partial charge on any atom is -0.497 e. The van der Waals surface area contributed by atoms with E-state index in [1.807, 2.05) is 30.3 Å². The van der Waals surface area contributed by atoms with Crippen molar-refractivity contribution >= 4 is 56.9 Å². The van der Waals surface area contributed by atoms with Gasteiger partial charge in [-0.15, -0.1) is 0 Å². The monoisotopic (exact) mass is 626 g/mol. The maximum Gasteiger partial charge on any atom is 0.268 e. The maximum atomic E-state index is 12.9. The molecular formula is C33H34N6O5S. The number of nitrogens with zero attached hydrogens (tertiary/aromatic N) is 3. The Hall–Kier alpha value is -5.04. The van der Waals surface area contributed by atoms with Gasteiger partial charge in [0.2, 0.25) is 5.91 Å². The smallest absolute Gasteiger partial charge is 0.268 e. The Kier molecular flexibility index (Phi) is 10.2. The maximum absolute atomic E-state index is 12.9. The van der Waals surface area contributed by atoms with Crippen LogP contribution in [0.3, 0.4) is 0 Å². The van der Waals surface area contributed by atoms with Crippen molar-refractivity contribution in [3.63, 3.8) is 0 Å². The zero-order valence-electron chi connectivity index (χ0n) is 25.1. The molecular weight excluding hydrogens is 592 g/mol. The van der Waals surface area contributed by atoms with Crippen molar-refractivity contribution in [3.05, 3.63) is 103 Å². The minimum absolute atomic E-state index is 0.0939. The average molecular weight is 627 g/mol. The van der Waals surface area contributed by atoms with Gasteiger partial charge in [-0.3, -0.25) is 9.35 Å². The second-order valence-corrected chi connectivity index (χ2v) is 11.0. The van der Waals surface area contributed by atoms with Crippen LogP contribution in [0, 0.1) is 0 Å². The summed E-state index contributed by atoms with van der Waals surface area (Å²) in [6.45, 7) is 2.83. The predicted octanol–water partition coefficient (Wildman–Crippen LogP) is 6.00. The highest BCUT2D eigenvalue weighted by Gasteiger charge is 2.24. The fraction of sp³-hybridized carbons (Fsp3) is 0.182. The summed E-state index contributed by atoms with van der Waals surface area (Å²) in [5, 5.41) is 9.27. The van der Waals surface area contributed by atoms with Gasteiger partial charge in [-0.25, -0.2) is 18.5 Å². The number of para-hydroxylation sites is 2. The van der Waals surface area contributed by atoms with E-state index in [1.165, 1.54) is 5.56 Å². The Bertz CT molecular complexity index is 1780. The van der Waals surface area contributed by atoms with E-state index >= 15 is 0 Å². The summed E-state index contributed by atoms with van der Waals surface area (Å²) < 4.78 is 35.4. The largest absolute Gasteiger partial charge is 0.497 e. The van der Waals surface area contributed by atoms with Crippen LogP contribution in [0.1, 0.15) is 18.4 Å². The van der Waals surface area contributed by atoms with Crippen molar-refractivity contribution in [3.8, 4) is 11.5 Å². The molecule has 0 saturated carbocycles. The fourth-order valence-electron chi connectivity index (χ4n) is 4.74. The topological polar surface area (TPSA) is 138 Å². The van der Waals surface area contributed by atoms with E-state index in [4.69, 9.17) is 19.4 Å². The van der Waals surface area contributed by atoms with Crippen LogP contribution >= 0.6 is 0 Å². The number of nitrogens with one attached hydrogen (secondary N) is 3. The molecule has 0 spiro atoms. The van der Waals surface area contributed by atoms with Crippen LogP contribution in [0.15, 0.2) is 97.1 Å². The fourth-order valence-corrected chi connectivity index (χ4v) is 5.30. The zero-order chi connectivity index (χ0) is 31.8. The van der Waals surface area contributed by atoms with E-state index in [2.05, 4.69) is 35.0 Å². The number of rotatable bonds is 13. The van der Waals surface area contributed by atoms with Crippen molar-refractivity contribution < 1.29 is 23.0 Å². The van der Waals surface area contributed by atoms with Crippen LogP contribution in [0.4, 0.5) is 28.7 Å². The van der Waals surface area contributed by atoms with E-state index in [0.29, 0.717) is 46.1 Å². The molecule has 1 amide bonds. The van der Waals surface area contributed by atoms with Crippen molar-refractivity contribution in [1.82, 2.24) is 15.3 Å². The number of fused-ring (bicyclic) bond motifs is 1. The number of aromatic nitrogens is 2. The van der Waals surface area contributed by atoms with Crippen molar-refractivity contribution in [2.24, 2.45) is 0 Å². The molecule has 0 aliphatic rings. The Labute approximate surface area is 264 Å². The van der Waals surface area contributed by atoms with E-state index < -0.39 is 11.3 Å². The van der Waals surface area contributed by atoms with Gasteiger partial charge in [0, 0.05) is 36.1 Å². The molecule has 45 heavy (non-hydrogen) atoms. The van der Waals surface area contributed by atoms with Gasteiger partial charge < -0.3 is 25.4 Å². The van der Waals surface area contributed by atoms with Crippen molar-refractivity contribution in [2.45, 2.75) is 12.8 Å². The molecule has 2 atom stereocenters. The predicted molar refractivity (Wildman–Crippen MR) is 178 cm³/mol. The highest BCUT2D eigenvalue weighted by molar-refractivity contribution is 7.81. The van der Waals surface area contributed by atoms with Crippen LogP contribution in [-0.4, -0.2) is 51.9 Å². The second kappa shape index (κ2) is 14.6. The number of hydrogen-bond donors (Lipinski definition) is 4. The number of amides is 1. The van der Waals surface area contributed by atoms with E-state index in [-0.39, 0.29) is 30.0 Å². The molecule has 2 unspecified atom stereocenters. The van der Waals surface area contributed by atoms with Crippen LogP contribution in [0.5, 0.6) is 11.5 Å². The molecule has 4 aromatic carbocycles. The lowest BCUT2D eigenvalue weighted by Gasteiger charge is -2.23. The molecule has 0 radical (unpaired) electrons. The molecule has 0 aliphatic heterocycles. The molecule has 1 heterocycles. The normalized spacial score (nSPS) is 12.3. The number of carbonyl (C=O) groups excluding carboxylic acids is 1. The summed E-state index contributed by atoms with van der Waals surface area (Å²) in [7, 11) is 3.09. The van der Waals surface area contributed by atoms with Gasteiger partial charge in [-0.2, -0.15) is 0 Å². The van der Waals surface area contributed by atoms with Crippen molar-refractivity contribution in [1.29, 1.82) is 0 Å². The zero-order valence-corrected chi connectivity index (χ0v) is 25.9. The van der Waals surface area contributed by atoms with Gasteiger partial charge in [0.05, 0.1) is 37.5 Å². The molecule has 0 fully saturated rings. The molecule has 0 saturated heterocycles. The highest BCUT2D eigenvalue weighted by Crippen LogP contribution is 2.36. The van der Waals surface area contributed by atoms with Gasteiger partial charge in [-0.05, 0) is 41.8 Å². The van der Waals surface area contributed by atoms with Gasteiger partial charge in [0.25, 0.3) is 11.3 Å². The standard InChI is InChI=1S/C33H34N6O5S/c1-22(23-10-5-4-6-11-23)20-34-21-31(40)35-24-12-9-13-26(16-24)39(45(41)42)33-32(37-29-14-7-8-15-30(29)38-33)36-25-17-27(43-2)19-28(18-25)44-3/h4-19,22,34H,20-21H2,1-3H3,(H,35,40)(H,36,37)(H,41,42). The molecule has 1 aromatic heterocycles. The molecule has 0 aliphatic carbocycles. The summed E-state index contributed by atoms with van der Waals surface area (Å²) in [5.74, 6) is 1.39. The lowest BCUT2D eigenvalue weighted by molar-refractivity contribution is -0.115. The summed E-state index contributed by atoms with van der Waals surface area (Å²) in [4.78, 5) is 22.2. The number of hydrogen-bond acceptors (Lipinski definition) is 8. The summed E-state index contributed by atoms with van der Waals surface area (Å²) in [6, 6.07) is 29.2. The first-order valence-electron chi connectivity index (χ1n) is 14.2. The third-order valence-corrected chi connectivity index (χ3v) is 7.68. The van der Waals surface area contributed by atoms with Crippen LogP contribution in [-0.2, 0) is 16.1 Å². The average Bonchev–Trinajstić information content (AvgIpc) is 3.05. The van der Waals surface area contributed by atoms with E-state index in [0.717, 1.165) is 4.31 Å². The van der Waals surface area contributed by atoms with Gasteiger partial charge >= 0.3 is 0 Å². The lowest BCUT2D eigenvalue weighted by Crippen LogP contribution is -2.30. The third-order valence-electron chi connectivity index (χ3n) is 6.98. The molecule has 5 aromatic rings. The number of anilines is 5. The number of carbonyl (C=O) groups is 1. The molecule has 5 rings (SSSR count). The molecule has 232 valence electrons. The summed E-state index contributed by atoms with van der Waals surface area (Å²) in [6.07, 6.45) is 0. The van der Waals surface area contributed by atoms with Crippen LogP contribution in [0.25, 0.3) is 11.0 Å². The van der Waals surface area contributed by atoms with E-state index in [1.54, 1.807) is 68.8 Å². The first kappa shape index (κ1) is 31.4. The Morgan fingerprint density at radius 3 is 2.20 bits per heavy atom. The second-order valence-electron chi connectivity index (χ2n) is 10.2. The number of methoxy groups -OCH3 is 2. The molecule has 11 nitrogen and oxygen atoms in total. The molecule has 0 bridgehead atoms. The van der Waals surface area contributed by atoms with Gasteiger partial charge in [0.15, 0.2) is 11.6 Å². The summed E-state index contributed by atoms with van der Waals surface area (Å²) in [5.41, 5.74) is 3.62. The minimum atomic E-state index is -2.56. The van der Waals surface area contributed by atoms with E-state index in [9.17, 15) is 13.6 Å². The molecule has 12 heteroatoms. The van der Waals surface area contributed by atoms with Crippen LogP contribution < -0.4 is 29.7 Å². The van der Waals surface area contributed by atoms with Crippen molar-refractivity contribution in [2.75, 3.05) is 42.2 Å². The quantitative estimate of drug-likeness (QED) is 0.116.